The van der Waals surface area contributed by atoms with Gasteiger partial charge in [0.25, 0.3) is 0 Å². The molecular formula is C22H22O9. The minimum absolute atomic E-state index is 0.0864. The Kier molecular flexibility index (Phi) is 5.94. The number of methoxy groups -OCH3 is 1. The van der Waals surface area contributed by atoms with Crippen LogP contribution in [0.1, 0.15) is 0 Å². The number of para-hydroxylation sites is 1. The van der Waals surface area contributed by atoms with Gasteiger partial charge in [-0.1, -0.05) is 12.1 Å². The van der Waals surface area contributed by atoms with Crippen LogP contribution in [0.15, 0.2) is 57.7 Å². The van der Waals surface area contributed by atoms with Crippen molar-refractivity contribution in [1.29, 1.82) is 0 Å². The first-order valence-electron chi connectivity index (χ1n) is 9.62. The van der Waals surface area contributed by atoms with E-state index in [0.717, 1.165) is 0 Å². The predicted octanol–water partition coefficient (Wildman–Crippen LogP) is 0.647. The molecule has 0 aliphatic carbocycles. The predicted molar refractivity (Wildman–Crippen MR) is 109 cm³/mol. The van der Waals surface area contributed by atoms with E-state index < -0.39 is 42.7 Å². The fourth-order valence-electron chi connectivity index (χ4n) is 3.45. The van der Waals surface area contributed by atoms with Gasteiger partial charge in [0.2, 0.25) is 17.5 Å². The van der Waals surface area contributed by atoms with Gasteiger partial charge in [-0.05, 0) is 36.4 Å². The van der Waals surface area contributed by atoms with Crippen LogP contribution >= 0.6 is 0 Å². The smallest absolute Gasteiger partial charge is 0.235 e. The summed E-state index contributed by atoms with van der Waals surface area (Å²) in [4.78, 5) is 13.2. The lowest BCUT2D eigenvalue weighted by molar-refractivity contribution is -0.277. The highest BCUT2D eigenvalue weighted by Crippen LogP contribution is 2.34. The number of hydrogen-bond donors (Lipinski definition) is 4. The summed E-state index contributed by atoms with van der Waals surface area (Å²) < 4.78 is 22.2. The van der Waals surface area contributed by atoms with E-state index >= 15 is 0 Å². The molecule has 1 aromatic heterocycles. The lowest BCUT2D eigenvalue weighted by atomic mass is 9.99. The van der Waals surface area contributed by atoms with Crippen molar-refractivity contribution in [3.8, 4) is 22.8 Å². The second kappa shape index (κ2) is 8.66. The molecule has 4 rings (SSSR count). The molecule has 1 fully saturated rings. The van der Waals surface area contributed by atoms with Gasteiger partial charge < -0.3 is 39.1 Å². The molecule has 31 heavy (non-hydrogen) atoms. The molecule has 1 aliphatic heterocycles. The van der Waals surface area contributed by atoms with Crippen molar-refractivity contribution in [2.75, 3.05) is 13.7 Å². The number of ether oxygens (including phenoxy) is 3. The molecule has 1 saturated heterocycles. The van der Waals surface area contributed by atoms with Gasteiger partial charge in [0, 0.05) is 5.56 Å². The van der Waals surface area contributed by atoms with Gasteiger partial charge in [-0.25, -0.2) is 0 Å². The number of rotatable bonds is 5. The lowest BCUT2D eigenvalue weighted by Gasteiger charge is -2.39. The van der Waals surface area contributed by atoms with Crippen LogP contribution in [-0.2, 0) is 4.74 Å². The Morgan fingerprint density at radius 2 is 1.68 bits per heavy atom. The molecule has 3 unspecified atom stereocenters. The normalized spacial score (nSPS) is 26.0. The average molecular weight is 430 g/mol. The summed E-state index contributed by atoms with van der Waals surface area (Å²) in [6, 6.07) is 13.3. The Balaban J connectivity index is 1.82. The fourth-order valence-corrected chi connectivity index (χ4v) is 3.45. The zero-order valence-corrected chi connectivity index (χ0v) is 16.5. The van der Waals surface area contributed by atoms with Crippen molar-refractivity contribution in [3.63, 3.8) is 0 Å². The molecule has 9 nitrogen and oxygen atoms in total. The Hall–Kier alpha value is -2.95. The van der Waals surface area contributed by atoms with Crippen LogP contribution < -0.4 is 14.9 Å². The van der Waals surface area contributed by atoms with Crippen LogP contribution in [0.4, 0.5) is 0 Å². The van der Waals surface area contributed by atoms with E-state index in [-0.39, 0.29) is 16.9 Å². The van der Waals surface area contributed by atoms with Gasteiger partial charge in [0.05, 0.1) is 19.1 Å². The second-order valence-corrected chi connectivity index (χ2v) is 7.13. The van der Waals surface area contributed by atoms with Crippen molar-refractivity contribution in [2.45, 2.75) is 30.7 Å². The maximum absolute atomic E-state index is 13.2. The second-order valence-electron chi connectivity index (χ2n) is 7.13. The molecule has 3 aromatic rings. The SMILES string of the molecule is COc1ccc(-c2oc3ccccc3c(=O)c2O[C@@H]2OC(CO)[C@@H](O)C(O)C2O)cc1. The first kappa shape index (κ1) is 21.3. The third kappa shape index (κ3) is 3.89. The number of aliphatic hydroxyl groups excluding tert-OH is 4. The summed E-state index contributed by atoms with van der Waals surface area (Å²) >= 11 is 0. The highest BCUT2D eigenvalue weighted by Gasteiger charge is 2.45. The maximum atomic E-state index is 13.2. The summed E-state index contributed by atoms with van der Waals surface area (Å²) in [5.74, 6) is 0.444. The highest BCUT2D eigenvalue weighted by molar-refractivity contribution is 5.82. The number of aliphatic hydroxyl groups is 4. The van der Waals surface area contributed by atoms with Crippen LogP contribution in [0.25, 0.3) is 22.3 Å². The van der Waals surface area contributed by atoms with Gasteiger partial charge in [0.1, 0.15) is 35.7 Å². The van der Waals surface area contributed by atoms with E-state index in [1.54, 1.807) is 48.5 Å². The molecule has 4 N–H and O–H groups in total. The molecule has 5 atom stereocenters. The van der Waals surface area contributed by atoms with Crippen molar-refractivity contribution in [2.24, 2.45) is 0 Å². The minimum Gasteiger partial charge on any atom is -0.497 e. The molecule has 0 amide bonds. The van der Waals surface area contributed by atoms with Crippen LogP contribution in [0.5, 0.6) is 11.5 Å². The Bertz CT molecular complexity index is 1110. The van der Waals surface area contributed by atoms with Gasteiger partial charge in [-0.2, -0.15) is 0 Å². The molecular weight excluding hydrogens is 408 g/mol. The van der Waals surface area contributed by atoms with Crippen molar-refractivity contribution in [3.05, 3.63) is 58.8 Å². The first-order chi connectivity index (χ1) is 14.9. The summed E-state index contributed by atoms with van der Waals surface area (Å²) in [6.07, 6.45) is -7.58. The quantitative estimate of drug-likeness (QED) is 0.459. The molecule has 0 saturated carbocycles. The molecule has 2 heterocycles. The van der Waals surface area contributed by atoms with Crippen molar-refractivity contribution in [1.82, 2.24) is 0 Å². The van der Waals surface area contributed by atoms with Crippen LogP contribution in [0, 0.1) is 0 Å². The Morgan fingerprint density at radius 1 is 0.968 bits per heavy atom. The van der Waals surface area contributed by atoms with E-state index in [9.17, 15) is 25.2 Å². The first-order valence-corrected chi connectivity index (χ1v) is 9.62. The van der Waals surface area contributed by atoms with Crippen LogP contribution in [0.3, 0.4) is 0 Å². The van der Waals surface area contributed by atoms with Gasteiger partial charge in [-0.15, -0.1) is 0 Å². The molecule has 164 valence electrons. The zero-order valence-electron chi connectivity index (χ0n) is 16.5. The molecule has 0 bridgehead atoms. The molecule has 9 heteroatoms. The standard InChI is InChI=1S/C22H22O9/c1-28-12-8-6-11(7-9-12)20-21(16(24)13-4-2-3-5-14(13)29-20)31-22-19(27)18(26)17(25)15(10-23)30-22/h2-9,15,17-19,22-23,25-27H,10H2,1H3/t15?,17-,18?,19?,22+/m1/s1. The largest absolute Gasteiger partial charge is 0.497 e. The highest BCUT2D eigenvalue weighted by atomic mass is 16.7. The van der Waals surface area contributed by atoms with E-state index in [0.29, 0.717) is 16.9 Å². The third-order valence-electron chi connectivity index (χ3n) is 5.19. The van der Waals surface area contributed by atoms with E-state index in [4.69, 9.17) is 18.6 Å². The number of hydrogen-bond acceptors (Lipinski definition) is 9. The van der Waals surface area contributed by atoms with Crippen LogP contribution in [0.2, 0.25) is 0 Å². The monoisotopic (exact) mass is 430 g/mol. The molecule has 0 spiro atoms. The molecule has 1 aliphatic rings. The Morgan fingerprint density at radius 3 is 2.35 bits per heavy atom. The van der Waals surface area contributed by atoms with E-state index in [1.807, 2.05) is 0 Å². The lowest BCUT2D eigenvalue weighted by Crippen LogP contribution is -2.60. The maximum Gasteiger partial charge on any atom is 0.235 e. The average Bonchev–Trinajstić information content (AvgIpc) is 2.81. The Labute approximate surface area is 176 Å². The molecule has 2 aromatic carbocycles. The summed E-state index contributed by atoms with van der Waals surface area (Å²) in [6.45, 7) is -0.623. The fraction of sp³-hybridized carbons (Fsp3) is 0.318. The van der Waals surface area contributed by atoms with Gasteiger partial charge in [0.15, 0.2) is 5.76 Å². The number of benzene rings is 2. The van der Waals surface area contributed by atoms with E-state index in [1.165, 1.54) is 7.11 Å². The molecule has 0 radical (unpaired) electrons. The number of fused-ring (bicyclic) bond motifs is 1. The van der Waals surface area contributed by atoms with Crippen molar-refractivity contribution >= 4 is 11.0 Å². The minimum atomic E-state index is -1.67. The summed E-state index contributed by atoms with van der Waals surface area (Å²) in [7, 11) is 1.53. The zero-order chi connectivity index (χ0) is 22.1. The van der Waals surface area contributed by atoms with Gasteiger partial charge >= 0.3 is 0 Å². The van der Waals surface area contributed by atoms with E-state index in [2.05, 4.69) is 0 Å². The van der Waals surface area contributed by atoms with Gasteiger partial charge in [-0.3, -0.25) is 4.79 Å². The summed E-state index contributed by atoms with van der Waals surface area (Å²) in [5.41, 5.74) is 0.326. The van der Waals surface area contributed by atoms with Crippen molar-refractivity contribution < 1.29 is 39.1 Å². The topological polar surface area (TPSA) is 139 Å². The van der Waals surface area contributed by atoms with Crippen LogP contribution in [-0.4, -0.2) is 64.8 Å². The summed E-state index contributed by atoms with van der Waals surface area (Å²) in [5, 5.41) is 40.0. The third-order valence-corrected chi connectivity index (χ3v) is 5.19.